The first-order valence-corrected chi connectivity index (χ1v) is 6.75. The summed E-state index contributed by atoms with van der Waals surface area (Å²) in [6, 6.07) is 0. The Morgan fingerprint density at radius 1 is 1.50 bits per heavy atom. The van der Waals surface area contributed by atoms with Gasteiger partial charge in [-0.1, -0.05) is 20.8 Å². The lowest BCUT2D eigenvalue weighted by Gasteiger charge is -2.20. The minimum atomic E-state index is 0.334. The summed E-state index contributed by atoms with van der Waals surface area (Å²) in [6.07, 6.45) is 4.52. The molecule has 1 aromatic rings. The number of anilines is 1. The maximum atomic E-state index is 5.54. The SMILES string of the molecule is CC1CN=CC1CCC(C)C(C)c1nc(N)n[nH]1. The van der Waals surface area contributed by atoms with Crippen molar-refractivity contribution in [1.29, 1.82) is 0 Å². The quantitative estimate of drug-likeness (QED) is 0.839. The van der Waals surface area contributed by atoms with Crippen LogP contribution in [-0.2, 0) is 0 Å². The second-order valence-electron chi connectivity index (χ2n) is 5.58. The molecule has 0 amide bonds. The summed E-state index contributed by atoms with van der Waals surface area (Å²) in [5.74, 6) is 3.52. The molecule has 0 aromatic carbocycles. The number of hydrogen-bond donors (Lipinski definition) is 2. The minimum Gasteiger partial charge on any atom is -0.367 e. The molecule has 0 saturated heterocycles. The molecule has 2 heterocycles. The van der Waals surface area contributed by atoms with Crippen molar-refractivity contribution in [3.8, 4) is 0 Å². The average molecular weight is 249 g/mol. The van der Waals surface area contributed by atoms with Gasteiger partial charge < -0.3 is 5.73 Å². The van der Waals surface area contributed by atoms with Crippen LogP contribution in [0.15, 0.2) is 4.99 Å². The van der Waals surface area contributed by atoms with E-state index in [0.29, 0.717) is 29.6 Å². The standard InChI is InChI=1S/C13H23N5/c1-8(4-5-11-7-15-6-9(11)2)10(3)12-16-13(14)18-17-12/h7-11H,4-6H2,1-3H3,(H3,14,16,17,18). The lowest BCUT2D eigenvalue weighted by molar-refractivity contribution is 0.374. The van der Waals surface area contributed by atoms with E-state index in [-0.39, 0.29) is 0 Å². The van der Waals surface area contributed by atoms with Crippen molar-refractivity contribution < 1.29 is 0 Å². The van der Waals surface area contributed by atoms with Gasteiger partial charge in [-0.3, -0.25) is 10.1 Å². The number of nitrogen functional groups attached to an aromatic ring is 1. The zero-order chi connectivity index (χ0) is 13.1. The molecule has 1 aliphatic rings. The highest BCUT2D eigenvalue weighted by atomic mass is 15.3. The van der Waals surface area contributed by atoms with Gasteiger partial charge in [-0.15, -0.1) is 5.10 Å². The summed E-state index contributed by atoms with van der Waals surface area (Å²) < 4.78 is 0. The Morgan fingerprint density at radius 3 is 2.83 bits per heavy atom. The number of aliphatic imine (C=N–C) groups is 1. The Kier molecular flexibility index (Phi) is 3.99. The third kappa shape index (κ3) is 2.89. The predicted molar refractivity (Wildman–Crippen MR) is 73.6 cm³/mol. The molecule has 100 valence electrons. The lowest BCUT2D eigenvalue weighted by Crippen LogP contribution is -2.14. The molecule has 4 unspecified atom stereocenters. The summed E-state index contributed by atoms with van der Waals surface area (Å²) in [5.41, 5.74) is 5.54. The van der Waals surface area contributed by atoms with Gasteiger partial charge in [0, 0.05) is 18.7 Å². The molecule has 5 nitrogen and oxygen atoms in total. The lowest BCUT2D eigenvalue weighted by atomic mass is 9.85. The van der Waals surface area contributed by atoms with Crippen molar-refractivity contribution in [2.75, 3.05) is 12.3 Å². The first-order valence-electron chi connectivity index (χ1n) is 6.75. The van der Waals surface area contributed by atoms with Crippen LogP contribution >= 0.6 is 0 Å². The van der Waals surface area contributed by atoms with E-state index >= 15 is 0 Å². The smallest absolute Gasteiger partial charge is 0.239 e. The third-order valence-corrected chi connectivity index (χ3v) is 4.18. The number of hydrogen-bond acceptors (Lipinski definition) is 4. The van der Waals surface area contributed by atoms with Crippen LogP contribution in [0.1, 0.15) is 45.4 Å². The molecule has 0 saturated carbocycles. The number of rotatable bonds is 5. The molecule has 18 heavy (non-hydrogen) atoms. The summed E-state index contributed by atoms with van der Waals surface area (Å²) in [7, 11) is 0. The number of aromatic amines is 1. The van der Waals surface area contributed by atoms with Crippen molar-refractivity contribution >= 4 is 12.2 Å². The zero-order valence-corrected chi connectivity index (χ0v) is 11.4. The molecule has 1 aliphatic heterocycles. The van der Waals surface area contributed by atoms with Gasteiger partial charge >= 0.3 is 0 Å². The second kappa shape index (κ2) is 5.50. The van der Waals surface area contributed by atoms with Gasteiger partial charge in [0.2, 0.25) is 5.95 Å². The van der Waals surface area contributed by atoms with Crippen LogP contribution in [0.3, 0.4) is 0 Å². The molecule has 0 spiro atoms. The molecule has 0 radical (unpaired) electrons. The van der Waals surface area contributed by atoms with Gasteiger partial charge in [-0.25, -0.2) is 0 Å². The van der Waals surface area contributed by atoms with Crippen LogP contribution in [0.2, 0.25) is 0 Å². The Bertz CT molecular complexity index is 411. The first-order chi connectivity index (χ1) is 8.58. The normalized spacial score (nSPS) is 26.4. The van der Waals surface area contributed by atoms with Gasteiger partial charge in [0.15, 0.2) is 0 Å². The van der Waals surface area contributed by atoms with E-state index in [0.717, 1.165) is 12.4 Å². The Hall–Kier alpha value is -1.39. The molecular formula is C13H23N5. The monoisotopic (exact) mass is 249 g/mol. The first kappa shape index (κ1) is 13.1. The van der Waals surface area contributed by atoms with E-state index in [9.17, 15) is 0 Å². The highest BCUT2D eigenvalue weighted by Gasteiger charge is 2.23. The molecule has 3 N–H and O–H groups in total. The van der Waals surface area contributed by atoms with E-state index in [1.807, 2.05) is 0 Å². The highest BCUT2D eigenvalue weighted by molar-refractivity contribution is 5.63. The van der Waals surface area contributed by atoms with Crippen LogP contribution < -0.4 is 5.73 Å². The fourth-order valence-electron chi connectivity index (χ4n) is 2.47. The molecule has 4 atom stereocenters. The van der Waals surface area contributed by atoms with E-state index in [1.165, 1.54) is 12.8 Å². The Labute approximate surface area is 108 Å². The van der Waals surface area contributed by atoms with Crippen molar-refractivity contribution in [3.05, 3.63) is 5.82 Å². The highest BCUT2D eigenvalue weighted by Crippen LogP contribution is 2.29. The van der Waals surface area contributed by atoms with E-state index in [1.54, 1.807) is 0 Å². The Morgan fingerprint density at radius 2 is 2.28 bits per heavy atom. The molecule has 0 bridgehead atoms. The molecule has 0 fully saturated rings. The van der Waals surface area contributed by atoms with E-state index in [2.05, 4.69) is 47.2 Å². The van der Waals surface area contributed by atoms with Crippen molar-refractivity contribution in [2.24, 2.45) is 22.7 Å². The van der Waals surface area contributed by atoms with Crippen LogP contribution in [0.5, 0.6) is 0 Å². The third-order valence-electron chi connectivity index (χ3n) is 4.18. The van der Waals surface area contributed by atoms with Crippen LogP contribution in [-0.4, -0.2) is 27.9 Å². The van der Waals surface area contributed by atoms with Crippen LogP contribution in [0, 0.1) is 17.8 Å². The maximum Gasteiger partial charge on any atom is 0.239 e. The topological polar surface area (TPSA) is 79.9 Å². The van der Waals surface area contributed by atoms with Crippen molar-refractivity contribution in [2.45, 2.75) is 39.5 Å². The van der Waals surface area contributed by atoms with Gasteiger partial charge in [-0.05, 0) is 30.6 Å². The predicted octanol–water partition coefficient (Wildman–Crippen LogP) is 2.24. The minimum absolute atomic E-state index is 0.334. The molecule has 5 heteroatoms. The molecule has 0 aliphatic carbocycles. The molecule has 2 rings (SSSR count). The largest absolute Gasteiger partial charge is 0.367 e. The molecule has 1 aromatic heterocycles. The van der Waals surface area contributed by atoms with Gasteiger partial charge in [0.1, 0.15) is 5.82 Å². The van der Waals surface area contributed by atoms with E-state index in [4.69, 9.17) is 5.73 Å². The van der Waals surface area contributed by atoms with Crippen molar-refractivity contribution in [3.63, 3.8) is 0 Å². The van der Waals surface area contributed by atoms with Gasteiger partial charge in [0.25, 0.3) is 0 Å². The zero-order valence-electron chi connectivity index (χ0n) is 11.4. The number of nitrogens with zero attached hydrogens (tertiary/aromatic N) is 3. The van der Waals surface area contributed by atoms with Gasteiger partial charge in [0.05, 0.1) is 0 Å². The summed E-state index contributed by atoms with van der Waals surface area (Å²) in [6.45, 7) is 7.72. The number of H-pyrrole nitrogens is 1. The number of aromatic nitrogens is 3. The van der Waals surface area contributed by atoms with Crippen molar-refractivity contribution in [1.82, 2.24) is 15.2 Å². The van der Waals surface area contributed by atoms with E-state index < -0.39 is 0 Å². The Balaban J connectivity index is 1.84. The van der Waals surface area contributed by atoms with Crippen LogP contribution in [0.4, 0.5) is 5.95 Å². The summed E-state index contributed by atoms with van der Waals surface area (Å²) >= 11 is 0. The van der Waals surface area contributed by atoms with Gasteiger partial charge in [-0.2, -0.15) is 4.98 Å². The fraction of sp³-hybridized carbons (Fsp3) is 0.769. The molecular weight excluding hydrogens is 226 g/mol. The average Bonchev–Trinajstić information content (AvgIpc) is 2.94. The fourth-order valence-corrected chi connectivity index (χ4v) is 2.47. The second-order valence-corrected chi connectivity index (χ2v) is 5.58. The summed E-state index contributed by atoms with van der Waals surface area (Å²) in [4.78, 5) is 8.57. The number of nitrogens with two attached hydrogens (primary N) is 1. The van der Waals surface area contributed by atoms with Crippen LogP contribution in [0.25, 0.3) is 0 Å². The summed E-state index contributed by atoms with van der Waals surface area (Å²) in [5, 5.41) is 6.80. The maximum absolute atomic E-state index is 5.54. The number of nitrogens with one attached hydrogen (secondary N) is 1.